The van der Waals surface area contributed by atoms with Crippen molar-refractivity contribution in [2.45, 2.75) is 20.8 Å². The number of nitro groups is 1. The zero-order chi connectivity index (χ0) is 12.1. The molecule has 1 N–H and O–H groups in total. The molecule has 0 saturated carbocycles. The number of oxime groups is 1. The van der Waals surface area contributed by atoms with Gasteiger partial charge in [0.2, 0.25) is 6.54 Å². The largest absolute Gasteiger partial charge is 0.433 e. The molecule has 0 aliphatic carbocycles. The van der Waals surface area contributed by atoms with Gasteiger partial charge in [0.25, 0.3) is 0 Å². The number of nitrogens with zero attached hydrogens (tertiary/aromatic N) is 2. The third-order valence-electron chi connectivity index (χ3n) is 1.59. The molecule has 7 heteroatoms. The first-order chi connectivity index (χ1) is 6.77. The molecule has 1 amide bonds. The Hall–Kier alpha value is -1.66. The Morgan fingerprint density at radius 1 is 1.53 bits per heavy atom. The summed E-state index contributed by atoms with van der Waals surface area (Å²) in [6, 6.07) is 0. The van der Waals surface area contributed by atoms with Crippen LogP contribution in [0.1, 0.15) is 20.8 Å². The van der Waals surface area contributed by atoms with Gasteiger partial charge in [-0.3, -0.25) is 15.0 Å². The molecule has 0 rings (SSSR count). The van der Waals surface area contributed by atoms with Crippen LogP contribution in [0.4, 0.5) is 4.79 Å². The second kappa shape index (κ2) is 5.28. The molecular weight excluding hydrogens is 202 g/mol. The van der Waals surface area contributed by atoms with Crippen LogP contribution in [0.25, 0.3) is 0 Å². The quantitative estimate of drug-likeness (QED) is 0.330. The van der Waals surface area contributed by atoms with Crippen LogP contribution >= 0.6 is 0 Å². The molecule has 0 unspecified atom stereocenters. The fourth-order valence-electron chi connectivity index (χ4n) is 0.667. The highest BCUT2D eigenvalue weighted by Gasteiger charge is 2.25. The van der Waals surface area contributed by atoms with E-state index in [4.69, 9.17) is 0 Å². The maximum Gasteiger partial charge on any atom is 0.433 e. The average Bonchev–Trinajstić information content (AvgIpc) is 2.09. The molecular formula is C8H15N3O4. The van der Waals surface area contributed by atoms with E-state index in [1.807, 2.05) is 0 Å². The van der Waals surface area contributed by atoms with Gasteiger partial charge >= 0.3 is 6.09 Å². The number of nitrogens with one attached hydrogen (secondary N) is 1. The molecule has 0 aromatic carbocycles. The SMILES string of the molecule is CNC(=O)ON=C(C[N+](=O)[O-])C(C)(C)C. The highest BCUT2D eigenvalue weighted by molar-refractivity contribution is 5.90. The minimum Gasteiger partial charge on any atom is -0.323 e. The molecule has 86 valence electrons. The molecule has 0 aliphatic rings. The summed E-state index contributed by atoms with van der Waals surface area (Å²) in [4.78, 5) is 25.0. The molecule has 0 aromatic rings. The van der Waals surface area contributed by atoms with Crippen LogP contribution < -0.4 is 5.32 Å². The van der Waals surface area contributed by atoms with Gasteiger partial charge in [0.15, 0.2) is 0 Å². The third kappa shape index (κ3) is 5.61. The van der Waals surface area contributed by atoms with Gasteiger partial charge in [-0.15, -0.1) is 0 Å². The summed E-state index contributed by atoms with van der Waals surface area (Å²) in [5.74, 6) is 0. The van der Waals surface area contributed by atoms with Crippen molar-refractivity contribution in [1.29, 1.82) is 0 Å². The molecule has 0 saturated heterocycles. The molecule has 15 heavy (non-hydrogen) atoms. The summed E-state index contributed by atoms with van der Waals surface area (Å²) in [5.41, 5.74) is -0.308. The Balaban J connectivity index is 4.63. The van der Waals surface area contributed by atoms with Crippen molar-refractivity contribution in [3.63, 3.8) is 0 Å². The Morgan fingerprint density at radius 2 is 2.07 bits per heavy atom. The van der Waals surface area contributed by atoms with E-state index in [1.165, 1.54) is 7.05 Å². The lowest BCUT2D eigenvalue weighted by Crippen LogP contribution is -2.29. The van der Waals surface area contributed by atoms with Gasteiger partial charge in [0.05, 0.1) is 0 Å². The first-order valence-corrected chi connectivity index (χ1v) is 4.35. The second-order valence-electron chi connectivity index (χ2n) is 3.91. The lowest BCUT2D eigenvalue weighted by molar-refractivity contribution is -0.464. The van der Waals surface area contributed by atoms with Gasteiger partial charge in [-0.2, -0.15) is 0 Å². The van der Waals surface area contributed by atoms with Gasteiger partial charge in [0.1, 0.15) is 5.71 Å². The van der Waals surface area contributed by atoms with Crippen LogP contribution in [0.15, 0.2) is 5.16 Å². The lowest BCUT2D eigenvalue weighted by atomic mass is 9.90. The minimum absolute atomic E-state index is 0.205. The maximum absolute atomic E-state index is 10.7. The van der Waals surface area contributed by atoms with E-state index in [0.29, 0.717) is 0 Å². The van der Waals surface area contributed by atoms with Gasteiger partial charge in [-0.05, 0) is 0 Å². The second-order valence-corrected chi connectivity index (χ2v) is 3.91. The average molecular weight is 217 g/mol. The molecule has 0 heterocycles. The third-order valence-corrected chi connectivity index (χ3v) is 1.59. The summed E-state index contributed by atoms with van der Waals surface area (Å²) in [5, 5.41) is 16.0. The van der Waals surface area contributed by atoms with Crippen LogP contribution in [-0.4, -0.2) is 30.3 Å². The topological polar surface area (TPSA) is 93.8 Å². The van der Waals surface area contributed by atoms with Gasteiger partial charge < -0.3 is 5.32 Å². The summed E-state index contributed by atoms with van der Waals surface area (Å²) in [6.07, 6.45) is -0.750. The van der Waals surface area contributed by atoms with E-state index >= 15 is 0 Å². The smallest absolute Gasteiger partial charge is 0.323 e. The van der Waals surface area contributed by atoms with E-state index < -0.39 is 23.0 Å². The van der Waals surface area contributed by atoms with Crippen molar-refractivity contribution in [2.75, 3.05) is 13.6 Å². The van der Waals surface area contributed by atoms with Gasteiger partial charge in [-0.1, -0.05) is 25.9 Å². The molecule has 0 aliphatic heterocycles. The predicted octanol–water partition coefficient (Wildman–Crippen LogP) is 1.02. The molecule has 0 aromatic heterocycles. The van der Waals surface area contributed by atoms with Crippen LogP contribution in [0.5, 0.6) is 0 Å². The fraction of sp³-hybridized carbons (Fsp3) is 0.750. The van der Waals surface area contributed by atoms with E-state index in [2.05, 4.69) is 15.3 Å². The Labute approximate surface area is 87.6 Å². The molecule has 0 bridgehead atoms. The first-order valence-electron chi connectivity index (χ1n) is 4.35. The van der Waals surface area contributed by atoms with Crippen LogP contribution in [0, 0.1) is 15.5 Å². The van der Waals surface area contributed by atoms with Gasteiger partial charge in [-0.25, -0.2) is 4.79 Å². The van der Waals surface area contributed by atoms with Crippen LogP contribution in [0.2, 0.25) is 0 Å². The highest BCUT2D eigenvalue weighted by atomic mass is 16.7. The van der Waals surface area contributed by atoms with Crippen molar-refractivity contribution in [1.82, 2.24) is 5.32 Å². The van der Waals surface area contributed by atoms with Crippen LogP contribution in [0.3, 0.4) is 0 Å². The van der Waals surface area contributed by atoms with E-state index in [1.54, 1.807) is 20.8 Å². The number of hydrogen-bond acceptors (Lipinski definition) is 5. The number of carbonyl (C=O) groups excluding carboxylic acids is 1. The van der Waals surface area contributed by atoms with Gasteiger partial charge in [0, 0.05) is 17.4 Å². The standard InChI is InChI=1S/C8H15N3O4/c1-8(2,3)6(5-11(13)14)10-15-7(12)9-4/h5H2,1-4H3,(H,9,12). The van der Waals surface area contributed by atoms with Crippen molar-refractivity contribution in [3.05, 3.63) is 10.1 Å². The van der Waals surface area contributed by atoms with Crippen molar-refractivity contribution in [3.8, 4) is 0 Å². The Morgan fingerprint density at radius 3 is 2.40 bits per heavy atom. The monoisotopic (exact) mass is 217 g/mol. The summed E-state index contributed by atoms with van der Waals surface area (Å²) < 4.78 is 0. The fourth-order valence-corrected chi connectivity index (χ4v) is 0.667. The zero-order valence-corrected chi connectivity index (χ0v) is 9.23. The maximum atomic E-state index is 10.7. The van der Waals surface area contributed by atoms with E-state index in [-0.39, 0.29) is 5.71 Å². The molecule has 0 atom stereocenters. The number of rotatable bonds is 3. The summed E-state index contributed by atoms with van der Waals surface area (Å²) in [7, 11) is 1.38. The predicted molar refractivity (Wildman–Crippen MR) is 54.3 cm³/mol. The highest BCUT2D eigenvalue weighted by Crippen LogP contribution is 2.16. The number of hydrogen-bond donors (Lipinski definition) is 1. The lowest BCUT2D eigenvalue weighted by Gasteiger charge is -2.16. The zero-order valence-electron chi connectivity index (χ0n) is 9.23. The Bertz CT molecular complexity index is 280. The first kappa shape index (κ1) is 13.3. The van der Waals surface area contributed by atoms with Crippen LogP contribution in [-0.2, 0) is 4.84 Å². The summed E-state index contributed by atoms with van der Waals surface area (Å²) in [6.45, 7) is 4.81. The van der Waals surface area contributed by atoms with Crippen molar-refractivity contribution < 1.29 is 14.6 Å². The van der Waals surface area contributed by atoms with Crippen molar-refractivity contribution in [2.24, 2.45) is 10.6 Å². The number of carbonyl (C=O) groups is 1. The van der Waals surface area contributed by atoms with Crippen molar-refractivity contribution >= 4 is 11.8 Å². The molecule has 0 fully saturated rings. The normalized spacial score (nSPS) is 12.1. The molecule has 0 radical (unpaired) electrons. The summed E-state index contributed by atoms with van der Waals surface area (Å²) >= 11 is 0. The Kier molecular flexibility index (Phi) is 4.69. The molecule has 0 spiro atoms. The van der Waals surface area contributed by atoms with E-state index in [9.17, 15) is 14.9 Å². The molecule has 7 nitrogen and oxygen atoms in total. The minimum atomic E-state index is -0.750. The number of amides is 1. The van der Waals surface area contributed by atoms with E-state index in [0.717, 1.165) is 0 Å².